The number of nitrogens with two attached hydrogens (primary N) is 1. The number of hydrogen-bond acceptors (Lipinski definition) is 3. The van der Waals surface area contributed by atoms with Crippen molar-refractivity contribution in [1.82, 2.24) is 15.0 Å². The van der Waals surface area contributed by atoms with E-state index in [2.05, 4.69) is 40.0 Å². The summed E-state index contributed by atoms with van der Waals surface area (Å²) < 4.78 is 1.09. The summed E-state index contributed by atoms with van der Waals surface area (Å²) in [5.74, 6) is 0. The normalized spacial score (nSPS) is 11.2. The van der Waals surface area contributed by atoms with Crippen LogP contribution in [0.4, 0.5) is 5.69 Å². The van der Waals surface area contributed by atoms with Crippen molar-refractivity contribution < 1.29 is 0 Å². The lowest BCUT2D eigenvalue weighted by molar-refractivity contribution is 0.759. The zero-order chi connectivity index (χ0) is 14.4. The fourth-order valence-electron chi connectivity index (χ4n) is 2.18. The number of nitrogens with zero attached hydrogens (tertiary/aromatic N) is 3. The van der Waals surface area contributed by atoms with Gasteiger partial charge in [-0.2, -0.15) is 4.80 Å². The van der Waals surface area contributed by atoms with Gasteiger partial charge >= 0.3 is 0 Å². The van der Waals surface area contributed by atoms with E-state index in [0.29, 0.717) is 0 Å². The number of anilines is 1. The van der Waals surface area contributed by atoms with E-state index in [0.717, 1.165) is 38.0 Å². The van der Waals surface area contributed by atoms with E-state index in [1.165, 1.54) is 5.56 Å². The molecule has 0 aliphatic rings. The molecule has 2 aromatic carbocycles. The Morgan fingerprint density at radius 2 is 1.65 bits per heavy atom. The van der Waals surface area contributed by atoms with Gasteiger partial charge in [-0.3, -0.25) is 0 Å². The van der Waals surface area contributed by atoms with Crippen LogP contribution in [0, 0.1) is 20.8 Å². The maximum atomic E-state index is 5.92. The molecule has 0 unspecified atom stereocenters. The molecule has 0 atom stereocenters. The standard InChI is InChI=1S/C15H15BrN4/c1-8-6-13-14(7-12(8)17)19-20(18-13)15-5-4-11(16)9(2)10(15)3/h4-7H,17H2,1-3H3. The molecular weight excluding hydrogens is 316 g/mol. The second-order valence-corrected chi connectivity index (χ2v) is 5.86. The van der Waals surface area contributed by atoms with Gasteiger partial charge in [0.1, 0.15) is 11.0 Å². The van der Waals surface area contributed by atoms with Gasteiger partial charge in [0.05, 0.1) is 5.69 Å². The quantitative estimate of drug-likeness (QED) is 0.692. The van der Waals surface area contributed by atoms with Gasteiger partial charge in [-0.25, -0.2) is 0 Å². The number of halogens is 1. The molecule has 2 N–H and O–H groups in total. The molecule has 0 spiro atoms. The van der Waals surface area contributed by atoms with Crippen molar-refractivity contribution in [1.29, 1.82) is 0 Å². The molecule has 0 bridgehead atoms. The highest BCUT2D eigenvalue weighted by Gasteiger charge is 2.11. The summed E-state index contributed by atoms with van der Waals surface area (Å²) in [6.07, 6.45) is 0. The van der Waals surface area contributed by atoms with Gasteiger partial charge in [0.25, 0.3) is 0 Å². The maximum Gasteiger partial charge on any atom is 0.115 e. The molecule has 0 aliphatic carbocycles. The molecule has 0 fully saturated rings. The Hall–Kier alpha value is -1.88. The largest absolute Gasteiger partial charge is 0.398 e. The van der Waals surface area contributed by atoms with Crippen molar-refractivity contribution >= 4 is 32.7 Å². The number of hydrogen-bond donors (Lipinski definition) is 1. The van der Waals surface area contributed by atoms with Crippen LogP contribution in [0.25, 0.3) is 16.7 Å². The van der Waals surface area contributed by atoms with Crippen LogP contribution in [0.3, 0.4) is 0 Å². The number of fused-ring (bicyclic) bond motifs is 1. The van der Waals surface area contributed by atoms with Crippen molar-refractivity contribution in [3.05, 3.63) is 45.4 Å². The predicted octanol–water partition coefficient (Wildman–Crippen LogP) is 3.69. The summed E-state index contributed by atoms with van der Waals surface area (Å²) in [7, 11) is 0. The number of aromatic nitrogens is 3. The average molecular weight is 331 g/mol. The maximum absolute atomic E-state index is 5.92. The van der Waals surface area contributed by atoms with Gasteiger partial charge in [-0.1, -0.05) is 15.9 Å². The first-order valence-electron chi connectivity index (χ1n) is 6.36. The Morgan fingerprint density at radius 1 is 1.00 bits per heavy atom. The first-order chi connectivity index (χ1) is 9.47. The van der Waals surface area contributed by atoms with Gasteiger partial charge < -0.3 is 5.73 Å². The zero-order valence-electron chi connectivity index (χ0n) is 11.6. The molecule has 4 nitrogen and oxygen atoms in total. The molecule has 0 aliphatic heterocycles. The summed E-state index contributed by atoms with van der Waals surface area (Å²) >= 11 is 3.54. The van der Waals surface area contributed by atoms with Crippen LogP contribution in [0.15, 0.2) is 28.7 Å². The third kappa shape index (κ3) is 1.98. The molecule has 0 amide bonds. The van der Waals surface area contributed by atoms with Gasteiger partial charge in [-0.15, -0.1) is 10.2 Å². The monoisotopic (exact) mass is 330 g/mol. The van der Waals surface area contributed by atoms with Gasteiger partial charge in [0.2, 0.25) is 0 Å². The molecule has 3 aromatic rings. The average Bonchev–Trinajstić information content (AvgIpc) is 2.79. The summed E-state index contributed by atoms with van der Waals surface area (Å²) in [5.41, 5.74) is 12.7. The second-order valence-electron chi connectivity index (χ2n) is 5.00. The van der Waals surface area contributed by atoms with Gasteiger partial charge in [0, 0.05) is 10.2 Å². The predicted molar refractivity (Wildman–Crippen MR) is 85.2 cm³/mol. The van der Waals surface area contributed by atoms with E-state index in [4.69, 9.17) is 5.73 Å². The Balaban J connectivity index is 2.23. The number of rotatable bonds is 1. The number of nitrogen functional groups attached to an aromatic ring is 1. The Bertz CT molecular complexity index is 781. The lowest BCUT2D eigenvalue weighted by Gasteiger charge is -2.08. The molecule has 0 radical (unpaired) electrons. The summed E-state index contributed by atoms with van der Waals surface area (Å²) in [6, 6.07) is 7.87. The van der Waals surface area contributed by atoms with Crippen LogP contribution in [-0.4, -0.2) is 15.0 Å². The first kappa shape index (κ1) is 13.1. The minimum Gasteiger partial charge on any atom is -0.398 e. The van der Waals surface area contributed by atoms with Crippen molar-refractivity contribution in [2.75, 3.05) is 5.73 Å². The number of benzene rings is 2. The molecule has 1 heterocycles. The molecule has 3 rings (SSSR count). The van der Waals surface area contributed by atoms with Crippen LogP contribution >= 0.6 is 15.9 Å². The molecule has 0 saturated carbocycles. The van der Waals surface area contributed by atoms with Crippen LogP contribution in [0.5, 0.6) is 0 Å². The number of aryl methyl sites for hydroxylation is 1. The van der Waals surface area contributed by atoms with Crippen molar-refractivity contribution in [2.24, 2.45) is 0 Å². The fourth-order valence-corrected chi connectivity index (χ4v) is 2.61. The molecule has 20 heavy (non-hydrogen) atoms. The molecule has 102 valence electrons. The van der Waals surface area contributed by atoms with E-state index in [-0.39, 0.29) is 0 Å². The highest BCUT2D eigenvalue weighted by Crippen LogP contribution is 2.25. The van der Waals surface area contributed by atoms with E-state index >= 15 is 0 Å². The SMILES string of the molecule is Cc1cc2nn(-c3ccc(Br)c(C)c3C)nc2cc1N. The van der Waals surface area contributed by atoms with Crippen LogP contribution in [-0.2, 0) is 0 Å². The summed E-state index contributed by atoms with van der Waals surface area (Å²) in [6.45, 7) is 6.13. The Morgan fingerprint density at radius 3 is 2.35 bits per heavy atom. The van der Waals surface area contributed by atoms with Crippen LogP contribution < -0.4 is 5.73 Å². The van der Waals surface area contributed by atoms with Crippen LogP contribution in [0.2, 0.25) is 0 Å². The zero-order valence-corrected chi connectivity index (χ0v) is 13.2. The van der Waals surface area contributed by atoms with E-state index in [1.54, 1.807) is 4.80 Å². The highest BCUT2D eigenvalue weighted by molar-refractivity contribution is 9.10. The molecule has 5 heteroatoms. The van der Waals surface area contributed by atoms with Crippen molar-refractivity contribution in [2.45, 2.75) is 20.8 Å². The Kier molecular flexibility index (Phi) is 3.01. The third-order valence-electron chi connectivity index (χ3n) is 3.68. The van der Waals surface area contributed by atoms with E-state index < -0.39 is 0 Å². The highest BCUT2D eigenvalue weighted by atomic mass is 79.9. The summed E-state index contributed by atoms with van der Waals surface area (Å²) in [5, 5.41) is 9.08. The summed E-state index contributed by atoms with van der Waals surface area (Å²) in [4.78, 5) is 1.68. The Labute approximate surface area is 125 Å². The van der Waals surface area contributed by atoms with E-state index in [9.17, 15) is 0 Å². The molecule has 1 aromatic heterocycles. The molecule has 0 saturated heterocycles. The lowest BCUT2D eigenvalue weighted by atomic mass is 10.1. The van der Waals surface area contributed by atoms with Gasteiger partial charge in [0.15, 0.2) is 0 Å². The smallest absolute Gasteiger partial charge is 0.115 e. The van der Waals surface area contributed by atoms with Crippen molar-refractivity contribution in [3.63, 3.8) is 0 Å². The second kappa shape index (κ2) is 4.59. The van der Waals surface area contributed by atoms with Crippen LogP contribution in [0.1, 0.15) is 16.7 Å². The van der Waals surface area contributed by atoms with Crippen molar-refractivity contribution in [3.8, 4) is 5.69 Å². The molecular formula is C15H15BrN4. The topological polar surface area (TPSA) is 56.7 Å². The lowest BCUT2D eigenvalue weighted by Crippen LogP contribution is -2.02. The van der Waals surface area contributed by atoms with Gasteiger partial charge in [-0.05, 0) is 61.7 Å². The van der Waals surface area contributed by atoms with E-state index in [1.807, 2.05) is 31.2 Å². The minimum atomic E-state index is 0.744. The minimum absolute atomic E-state index is 0.744. The fraction of sp³-hybridized carbons (Fsp3) is 0.200. The third-order valence-corrected chi connectivity index (χ3v) is 4.54. The first-order valence-corrected chi connectivity index (χ1v) is 7.16.